The van der Waals surface area contributed by atoms with E-state index < -0.39 is 21.3 Å². The van der Waals surface area contributed by atoms with Gasteiger partial charge in [-0.15, -0.1) is 0 Å². The van der Waals surface area contributed by atoms with Crippen LogP contribution in [0.2, 0.25) is 0 Å². The van der Waals surface area contributed by atoms with Crippen LogP contribution in [0.5, 0.6) is 0 Å². The summed E-state index contributed by atoms with van der Waals surface area (Å²) in [6, 6.07) is 0. The summed E-state index contributed by atoms with van der Waals surface area (Å²) in [7, 11) is -2.35. The number of rotatable bonds is 9. The largest absolute Gasteiger partial charge is 0.464 e. The van der Waals surface area contributed by atoms with Gasteiger partial charge in [-0.3, -0.25) is 13.8 Å². The Hall–Kier alpha value is -1.15. The fourth-order valence-electron chi connectivity index (χ4n) is 3.09. The molecule has 1 saturated carbocycles. The molecule has 1 aliphatic rings. The molecule has 3 atom stereocenters. The van der Waals surface area contributed by atoms with Gasteiger partial charge in [-0.05, 0) is 37.5 Å². The van der Waals surface area contributed by atoms with Gasteiger partial charge in [0.25, 0.3) is 10.1 Å². The summed E-state index contributed by atoms with van der Waals surface area (Å²) in [5.41, 5.74) is 0. The van der Waals surface area contributed by atoms with Crippen LogP contribution in [0.15, 0.2) is 0 Å². The van der Waals surface area contributed by atoms with Crippen LogP contribution in [0.3, 0.4) is 0 Å². The van der Waals surface area contributed by atoms with Gasteiger partial charge in [-0.25, -0.2) is 0 Å². The van der Waals surface area contributed by atoms with Crippen LogP contribution in [0, 0.1) is 17.8 Å². The van der Waals surface area contributed by atoms with Crippen molar-refractivity contribution in [2.75, 3.05) is 20.3 Å². The molecule has 0 aromatic carbocycles. The molecule has 0 spiro atoms. The summed E-state index contributed by atoms with van der Waals surface area (Å²) < 4.78 is 33.0. The monoisotopic (exact) mass is 363 g/mol. The van der Waals surface area contributed by atoms with Gasteiger partial charge in [0.05, 0.1) is 19.0 Å². The number of ether oxygens (including phenoxy) is 1. The summed E-state index contributed by atoms with van der Waals surface area (Å²) >= 11 is 0. The number of hydrogen-bond acceptors (Lipinski definition) is 6. The highest BCUT2D eigenvalue weighted by atomic mass is 32.2. The fourth-order valence-corrected chi connectivity index (χ4v) is 4.30. The maximum Gasteiger partial charge on any atom is 0.325 e. The first-order chi connectivity index (χ1) is 11.2. The van der Waals surface area contributed by atoms with Crippen LogP contribution in [0.1, 0.15) is 46.5 Å². The third-order valence-electron chi connectivity index (χ3n) is 4.60. The number of esters is 1. The highest BCUT2D eigenvalue weighted by Crippen LogP contribution is 2.31. The maximum absolute atomic E-state index is 12.0. The van der Waals surface area contributed by atoms with Crippen molar-refractivity contribution in [3.8, 4) is 0 Å². The molecule has 1 amide bonds. The van der Waals surface area contributed by atoms with E-state index in [4.69, 9.17) is 4.74 Å². The van der Waals surface area contributed by atoms with Gasteiger partial charge in [0.1, 0.15) is 6.54 Å². The molecule has 0 heterocycles. The van der Waals surface area contributed by atoms with Crippen LogP contribution in [0.4, 0.5) is 0 Å². The summed E-state index contributed by atoms with van der Waals surface area (Å²) in [6.45, 7) is 5.89. The number of carbonyl (C=O) groups excluding carboxylic acids is 2. The molecule has 0 saturated heterocycles. The number of hydrogen-bond donors (Lipinski definition) is 1. The molecule has 140 valence electrons. The van der Waals surface area contributed by atoms with E-state index in [0.29, 0.717) is 19.3 Å². The van der Waals surface area contributed by atoms with E-state index in [1.165, 1.54) is 0 Å². The molecule has 8 heteroatoms. The second-order valence-corrected chi connectivity index (χ2v) is 8.61. The smallest absolute Gasteiger partial charge is 0.325 e. The molecule has 1 rings (SSSR count). The van der Waals surface area contributed by atoms with Gasteiger partial charge in [0.2, 0.25) is 5.91 Å². The average molecular weight is 363 g/mol. The zero-order valence-corrected chi connectivity index (χ0v) is 15.7. The van der Waals surface area contributed by atoms with Gasteiger partial charge in [0.15, 0.2) is 0 Å². The summed E-state index contributed by atoms with van der Waals surface area (Å²) in [5, 5.41) is 2.08. The molecule has 3 unspecified atom stereocenters. The maximum atomic E-state index is 12.0. The van der Waals surface area contributed by atoms with E-state index in [-0.39, 0.29) is 36.8 Å². The zero-order valence-electron chi connectivity index (χ0n) is 14.9. The van der Waals surface area contributed by atoms with Gasteiger partial charge in [-0.2, -0.15) is 8.42 Å². The van der Waals surface area contributed by atoms with Crippen molar-refractivity contribution in [3.05, 3.63) is 0 Å². The third kappa shape index (κ3) is 6.05. The standard InChI is InChI=1S/C16H29NO6S/c1-5-14(11(2)3)16(19)17-9-15(18)23-10-12-6-7-13(8-12)24(20,21)22-4/h11-14H,5-10H2,1-4H3,(H,17,19). The van der Waals surface area contributed by atoms with Crippen molar-refractivity contribution in [2.45, 2.75) is 51.7 Å². The minimum atomic E-state index is -3.51. The molecular weight excluding hydrogens is 334 g/mol. The normalized spacial score (nSPS) is 22.4. The lowest BCUT2D eigenvalue weighted by Gasteiger charge is -2.18. The lowest BCUT2D eigenvalue weighted by Crippen LogP contribution is -2.37. The Morgan fingerprint density at radius 2 is 1.92 bits per heavy atom. The van der Waals surface area contributed by atoms with E-state index in [2.05, 4.69) is 9.50 Å². The van der Waals surface area contributed by atoms with Crippen molar-refractivity contribution < 1.29 is 26.9 Å². The van der Waals surface area contributed by atoms with Crippen LogP contribution in [0.25, 0.3) is 0 Å². The minimum absolute atomic E-state index is 0.0126. The Bertz CT molecular complexity index is 531. The van der Waals surface area contributed by atoms with E-state index in [9.17, 15) is 18.0 Å². The Morgan fingerprint density at radius 3 is 2.46 bits per heavy atom. The van der Waals surface area contributed by atoms with Crippen LogP contribution in [-0.2, 0) is 28.6 Å². The lowest BCUT2D eigenvalue weighted by atomic mass is 9.92. The first-order valence-corrected chi connectivity index (χ1v) is 9.91. The highest BCUT2D eigenvalue weighted by molar-refractivity contribution is 7.87. The van der Waals surface area contributed by atoms with Crippen molar-refractivity contribution in [1.29, 1.82) is 0 Å². The Morgan fingerprint density at radius 1 is 1.25 bits per heavy atom. The molecular formula is C16H29NO6S. The molecule has 0 aromatic heterocycles. The molecule has 0 bridgehead atoms. The Kier molecular flexibility index (Phi) is 8.15. The minimum Gasteiger partial charge on any atom is -0.464 e. The highest BCUT2D eigenvalue weighted by Gasteiger charge is 2.35. The van der Waals surface area contributed by atoms with Gasteiger partial charge >= 0.3 is 5.97 Å². The molecule has 1 aliphatic carbocycles. The molecule has 0 aliphatic heterocycles. The summed E-state index contributed by atoms with van der Waals surface area (Å²) in [4.78, 5) is 23.7. The molecule has 24 heavy (non-hydrogen) atoms. The van der Waals surface area contributed by atoms with Gasteiger partial charge in [0, 0.05) is 5.92 Å². The van der Waals surface area contributed by atoms with Crippen LogP contribution >= 0.6 is 0 Å². The van der Waals surface area contributed by atoms with E-state index in [1.54, 1.807) is 0 Å². The second-order valence-electron chi connectivity index (χ2n) is 6.62. The summed E-state index contributed by atoms with van der Waals surface area (Å²) in [6.07, 6.45) is 2.34. The van der Waals surface area contributed by atoms with Crippen molar-refractivity contribution >= 4 is 22.0 Å². The predicted octanol–water partition coefficient (Wildman–Crippen LogP) is 1.47. The number of carbonyl (C=O) groups is 2. The van der Waals surface area contributed by atoms with Crippen molar-refractivity contribution in [1.82, 2.24) is 5.32 Å². The fraction of sp³-hybridized carbons (Fsp3) is 0.875. The van der Waals surface area contributed by atoms with Gasteiger partial charge < -0.3 is 10.1 Å². The Balaban J connectivity index is 2.31. The first kappa shape index (κ1) is 20.9. The van der Waals surface area contributed by atoms with E-state index in [0.717, 1.165) is 13.5 Å². The van der Waals surface area contributed by atoms with Crippen molar-refractivity contribution in [3.63, 3.8) is 0 Å². The van der Waals surface area contributed by atoms with Crippen molar-refractivity contribution in [2.24, 2.45) is 17.8 Å². The average Bonchev–Trinajstić information content (AvgIpc) is 3.01. The number of amides is 1. The first-order valence-electron chi connectivity index (χ1n) is 8.44. The van der Waals surface area contributed by atoms with E-state index in [1.807, 2.05) is 20.8 Å². The SMILES string of the molecule is CCC(C(=O)NCC(=O)OCC1CCC(S(=O)(=O)OC)C1)C(C)C. The summed E-state index contributed by atoms with van der Waals surface area (Å²) in [5.74, 6) is -0.535. The van der Waals surface area contributed by atoms with Gasteiger partial charge in [-0.1, -0.05) is 20.8 Å². The lowest BCUT2D eigenvalue weighted by molar-refractivity contribution is -0.145. The Labute approximate surface area is 144 Å². The molecule has 7 nitrogen and oxygen atoms in total. The number of nitrogens with one attached hydrogen (secondary N) is 1. The predicted molar refractivity (Wildman–Crippen MR) is 89.6 cm³/mol. The molecule has 1 N–H and O–H groups in total. The quantitative estimate of drug-likeness (QED) is 0.492. The molecule has 0 radical (unpaired) electrons. The zero-order chi connectivity index (χ0) is 18.3. The van der Waals surface area contributed by atoms with Crippen LogP contribution < -0.4 is 5.32 Å². The molecule has 0 aromatic rings. The van der Waals surface area contributed by atoms with Crippen LogP contribution in [-0.4, -0.2) is 45.8 Å². The topological polar surface area (TPSA) is 98.8 Å². The molecule has 1 fully saturated rings. The third-order valence-corrected chi connectivity index (χ3v) is 6.31. The van der Waals surface area contributed by atoms with E-state index >= 15 is 0 Å². The second kappa shape index (κ2) is 9.36.